The molecule has 0 aromatic carbocycles. The molecule has 1 heterocycles. The summed E-state index contributed by atoms with van der Waals surface area (Å²) in [4.78, 5) is 18.5. The van der Waals surface area contributed by atoms with E-state index < -0.39 is 0 Å². The molecule has 0 atom stereocenters. The van der Waals surface area contributed by atoms with E-state index in [1.54, 1.807) is 6.20 Å². The summed E-state index contributed by atoms with van der Waals surface area (Å²) < 4.78 is 4.46. The number of methoxy groups -OCH3 is 1. The number of halogens is 1. The highest BCUT2D eigenvalue weighted by molar-refractivity contribution is 7.99. The normalized spacial score (nSPS) is 9.69. The van der Waals surface area contributed by atoms with Crippen LogP contribution in [0.15, 0.2) is 17.4 Å². The maximum atomic E-state index is 10.7. The number of esters is 1. The first-order valence-electron chi connectivity index (χ1n) is 3.39. The first-order valence-corrected chi connectivity index (χ1v) is 4.76. The number of aromatic nitrogens is 2. The van der Waals surface area contributed by atoms with Gasteiger partial charge in [0.15, 0.2) is 0 Å². The zero-order valence-corrected chi connectivity index (χ0v) is 8.43. The maximum Gasteiger partial charge on any atom is 0.316 e. The van der Waals surface area contributed by atoms with Crippen LogP contribution in [-0.4, -0.2) is 28.8 Å². The number of ether oxygens (including phenoxy) is 1. The van der Waals surface area contributed by atoms with E-state index in [2.05, 4.69) is 14.7 Å². The summed E-state index contributed by atoms with van der Waals surface area (Å²) in [5, 5.41) is 0.924. The summed E-state index contributed by atoms with van der Waals surface area (Å²) in [6, 6.07) is 0. The monoisotopic (exact) mass is 218 g/mol. The molecule has 13 heavy (non-hydrogen) atoms. The third kappa shape index (κ3) is 3.61. The van der Waals surface area contributed by atoms with Crippen LogP contribution in [0.25, 0.3) is 0 Å². The predicted molar refractivity (Wildman–Crippen MR) is 49.8 cm³/mol. The van der Waals surface area contributed by atoms with Gasteiger partial charge in [0.05, 0.1) is 25.3 Å². The highest BCUT2D eigenvalue weighted by Gasteiger charge is 2.03. The van der Waals surface area contributed by atoms with Crippen molar-refractivity contribution >= 4 is 29.3 Å². The second-order valence-electron chi connectivity index (χ2n) is 2.04. The summed E-state index contributed by atoms with van der Waals surface area (Å²) in [5.41, 5.74) is 0. The van der Waals surface area contributed by atoms with E-state index in [1.807, 2.05) is 0 Å². The number of rotatable bonds is 3. The Hall–Kier alpha value is -0.810. The molecular weight excluding hydrogens is 212 g/mol. The highest BCUT2D eigenvalue weighted by atomic mass is 35.5. The molecule has 0 aliphatic heterocycles. The highest BCUT2D eigenvalue weighted by Crippen LogP contribution is 2.15. The molecule has 0 aliphatic carbocycles. The lowest BCUT2D eigenvalue weighted by Crippen LogP contribution is -2.03. The van der Waals surface area contributed by atoms with Crippen LogP contribution >= 0.6 is 23.4 Å². The van der Waals surface area contributed by atoms with Crippen LogP contribution in [0.1, 0.15) is 0 Å². The molecule has 0 amide bonds. The number of carbonyl (C=O) groups is 1. The molecule has 0 spiro atoms. The van der Waals surface area contributed by atoms with E-state index in [9.17, 15) is 4.79 Å². The SMILES string of the molecule is COC(=O)CSc1cncc(Cl)n1. The van der Waals surface area contributed by atoms with Crippen LogP contribution in [0.5, 0.6) is 0 Å². The lowest BCUT2D eigenvalue weighted by Gasteiger charge is -1.98. The third-order valence-corrected chi connectivity index (χ3v) is 2.20. The topological polar surface area (TPSA) is 52.1 Å². The first kappa shape index (κ1) is 10.3. The largest absolute Gasteiger partial charge is 0.468 e. The Morgan fingerprint density at radius 1 is 1.69 bits per heavy atom. The van der Waals surface area contributed by atoms with Gasteiger partial charge in [-0.3, -0.25) is 9.78 Å². The Morgan fingerprint density at radius 2 is 2.46 bits per heavy atom. The average molecular weight is 219 g/mol. The summed E-state index contributed by atoms with van der Waals surface area (Å²) in [7, 11) is 1.34. The van der Waals surface area contributed by atoms with Gasteiger partial charge in [-0.25, -0.2) is 4.98 Å². The smallest absolute Gasteiger partial charge is 0.316 e. The van der Waals surface area contributed by atoms with Gasteiger partial charge in [-0.1, -0.05) is 23.4 Å². The zero-order valence-electron chi connectivity index (χ0n) is 6.86. The van der Waals surface area contributed by atoms with Gasteiger partial charge >= 0.3 is 5.97 Å². The van der Waals surface area contributed by atoms with Gasteiger partial charge in [0.1, 0.15) is 10.2 Å². The second kappa shape index (κ2) is 5.04. The lowest BCUT2D eigenvalue weighted by molar-refractivity contribution is -0.137. The third-order valence-electron chi connectivity index (χ3n) is 1.15. The minimum atomic E-state index is -0.299. The Labute approximate surface area is 84.7 Å². The molecule has 0 radical (unpaired) electrons. The van der Waals surface area contributed by atoms with Gasteiger partial charge in [-0.15, -0.1) is 0 Å². The summed E-state index contributed by atoms with van der Waals surface area (Å²) in [6.07, 6.45) is 2.98. The van der Waals surface area contributed by atoms with Crippen molar-refractivity contribution in [2.45, 2.75) is 5.03 Å². The van der Waals surface area contributed by atoms with E-state index in [1.165, 1.54) is 25.1 Å². The lowest BCUT2D eigenvalue weighted by atomic mass is 10.8. The van der Waals surface area contributed by atoms with Crippen LogP contribution < -0.4 is 0 Å². The van der Waals surface area contributed by atoms with Crippen LogP contribution in [0, 0.1) is 0 Å². The Bertz CT molecular complexity index is 308. The number of nitrogens with zero attached hydrogens (tertiary/aromatic N) is 2. The van der Waals surface area contributed by atoms with E-state index >= 15 is 0 Å². The Balaban J connectivity index is 2.50. The first-order chi connectivity index (χ1) is 6.22. The molecule has 0 fully saturated rings. The molecule has 6 heteroatoms. The van der Waals surface area contributed by atoms with Gasteiger partial charge in [0.2, 0.25) is 0 Å². The van der Waals surface area contributed by atoms with Crippen molar-refractivity contribution in [3.63, 3.8) is 0 Å². The molecule has 1 aromatic rings. The summed E-state index contributed by atoms with van der Waals surface area (Å²) in [6.45, 7) is 0. The predicted octanol–water partition coefficient (Wildman–Crippen LogP) is 1.40. The van der Waals surface area contributed by atoms with Gasteiger partial charge in [-0.05, 0) is 0 Å². The molecular formula is C7H7ClN2O2S. The van der Waals surface area contributed by atoms with Crippen molar-refractivity contribution in [3.05, 3.63) is 17.5 Å². The maximum absolute atomic E-state index is 10.7. The molecule has 1 aromatic heterocycles. The fourth-order valence-electron chi connectivity index (χ4n) is 0.587. The van der Waals surface area contributed by atoms with Crippen molar-refractivity contribution in [3.8, 4) is 0 Å². The van der Waals surface area contributed by atoms with E-state index in [-0.39, 0.29) is 11.7 Å². The molecule has 70 valence electrons. The molecule has 0 aliphatic rings. The van der Waals surface area contributed by atoms with Crippen molar-refractivity contribution in [1.29, 1.82) is 0 Å². The van der Waals surface area contributed by atoms with E-state index in [4.69, 9.17) is 11.6 Å². The number of thioether (sulfide) groups is 1. The fourth-order valence-corrected chi connectivity index (χ4v) is 1.47. The Morgan fingerprint density at radius 3 is 3.08 bits per heavy atom. The molecule has 1 rings (SSSR count). The quantitative estimate of drug-likeness (QED) is 0.567. The zero-order chi connectivity index (χ0) is 9.68. The van der Waals surface area contributed by atoms with Crippen LogP contribution in [0.4, 0.5) is 0 Å². The molecule has 4 nitrogen and oxygen atoms in total. The summed E-state index contributed by atoms with van der Waals surface area (Å²) in [5.74, 6) is -0.0855. The van der Waals surface area contributed by atoms with Crippen LogP contribution in [0.3, 0.4) is 0 Å². The number of carbonyl (C=O) groups excluding carboxylic acids is 1. The van der Waals surface area contributed by atoms with Gasteiger partial charge in [-0.2, -0.15) is 0 Å². The molecule has 0 saturated carbocycles. The molecule has 0 saturated heterocycles. The van der Waals surface area contributed by atoms with Crippen molar-refractivity contribution in [1.82, 2.24) is 9.97 Å². The minimum Gasteiger partial charge on any atom is -0.468 e. The standard InChI is InChI=1S/C7H7ClN2O2S/c1-12-7(11)4-13-6-3-9-2-5(8)10-6/h2-3H,4H2,1H3. The average Bonchev–Trinajstić information content (AvgIpc) is 2.14. The van der Waals surface area contributed by atoms with Gasteiger partial charge in [0.25, 0.3) is 0 Å². The van der Waals surface area contributed by atoms with Crippen molar-refractivity contribution in [2.24, 2.45) is 0 Å². The van der Waals surface area contributed by atoms with Crippen LogP contribution in [-0.2, 0) is 9.53 Å². The van der Waals surface area contributed by atoms with E-state index in [0.29, 0.717) is 10.2 Å². The van der Waals surface area contributed by atoms with E-state index in [0.717, 1.165) is 0 Å². The second-order valence-corrected chi connectivity index (χ2v) is 3.43. The van der Waals surface area contributed by atoms with Gasteiger partial charge < -0.3 is 4.74 Å². The summed E-state index contributed by atoms with van der Waals surface area (Å²) >= 11 is 6.83. The molecule has 0 N–H and O–H groups in total. The minimum absolute atomic E-state index is 0.214. The van der Waals surface area contributed by atoms with Crippen molar-refractivity contribution in [2.75, 3.05) is 12.9 Å². The van der Waals surface area contributed by atoms with Gasteiger partial charge in [0, 0.05) is 0 Å². The number of hydrogen-bond acceptors (Lipinski definition) is 5. The molecule has 0 unspecified atom stereocenters. The van der Waals surface area contributed by atoms with Crippen molar-refractivity contribution < 1.29 is 9.53 Å². The fraction of sp³-hybridized carbons (Fsp3) is 0.286. The Kier molecular flexibility index (Phi) is 3.98. The van der Waals surface area contributed by atoms with Crippen LogP contribution in [0.2, 0.25) is 5.15 Å². The molecule has 0 bridgehead atoms. The number of hydrogen-bond donors (Lipinski definition) is 0.